The molecule has 3 aromatic rings. The average molecular weight is 409 g/mol. The number of aryl methyl sites for hydroxylation is 1. The van der Waals surface area contributed by atoms with Crippen molar-refractivity contribution < 1.29 is 0 Å². The molecule has 0 fully saturated rings. The first kappa shape index (κ1) is 14.8. The molecule has 1 heterocycles. The summed E-state index contributed by atoms with van der Waals surface area (Å²) in [6.45, 7) is 0. The van der Waals surface area contributed by atoms with E-state index in [1.165, 1.54) is 16.3 Å². The minimum absolute atomic E-state index is 0.0971. The van der Waals surface area contributed by atoms with Crippen LogP contribution in [0.5, 0.6) is 0 Å². The van der Waals surface area contributed by atoms with Crippen LogP contribution in [-0.4, -0.2) is 16.8 Å². The molecule has 108 valence electrons. The molecular weight excluding hydrogens is 394 g/mol. The van der Waals surface area contributed by atoms with Crippen LogP contribution in [0.4, 0.5) is 0 Å². The van der Waals surface area contributed by atoms with Gasteiger partial charge in [-0.05, 0) is 57.5 Å². The molecule has 21 heavy (non-hydrogen) atoms. The number of nitrogens with zero attached hydrogens (tertiary/aromatic N) is 2. The van der Waals surface area contributed by atoms with Gasteiger partial charge < -0.3 is 5.32 Å². The highest BCUT2D eigenvalue weighted by Crippen LogP contribution is 2.30. The fourth-order valence-electron chi connectivity index (χ4n) is 2.62. The Morgan fingerprint density at radius 3 is 2.48 bits per heavy atom. The molecule has 1 aromatic heterocycles. The van der Waals surface area contributed by atoms with Gasteiger partial charge in [-0.15, -0.1) is 0 Å². The van der Waals surface area contributed by atoms with Crippen LogP contribution < -0.4 is 5.32 Å². The zero-order chi connectivity index (χ0) is 15.0. The Kier molecular flexibility index (Phi) is 4.15. The molecule has 0 radical (unpaired) electrons. The number of aromatic nitrogens is 2. The van der Waals surface area contributed by atoms with Crippen LogP contribution in [0, 0.1) is 0 Å². The first-order valence-corrected chi connectivity index (χ1v) is 8.22. The summed E-state index contributed by atoms with van der Waals surface area (Å²) < 4.78 is 4.01. The monoisotopic (exact) mass is 407 g/mol. The Bertz CT molecular complexity index is 776. The molecule has 0 bridgehead atoms. The van der Waals surface area contributed by atoms with Crippen LogP contribution >= 0.6 is 31.9 Å². The number of benzene rings is 2. The molecule has 0 saturated heterocycles. The molecule has 1 N–H and O–H groups in total. The third-order valence-electron chi connectivity index (χ3n) is 3.66. The van der Waals surface area contributed by atoms with E-state index in [0.29, 0.717) is 0 Å². The lowest BCUT2D eigenvalue weighted by Gasteiger charge is -2.18. The summed E-state index contributed by atoms with van der Waals surface area (Å²) in [5.74, 6) is 0. The average Bonchev–Trinajstić information content (AvgIpc) is 2.80. The SMILES string of the molecule is CNC(c1ccc2cc(Br)ccc2c1)c1c(Br)cnn1C. The number of hydrogen-bond donors (Lipinski definition) is 1. The van der Waals surface area contributed by atoms with Gasteiger partial charge in [-0.25, -0.2) is 0 Å². The quantitative estimate of drug-likeness (QED) is 0.695. The van der Waals surface area contributed by atoms with Gasteiger partial charge in [-0.2, -0.15) is 5.10 Å². The van der Waals surface area contributed by atoms with Crippen molar-refractivity contribution >= 4 is 42.6 Å². The lowest BCUT2D eigenvalue weighted by molar-refractivity contribution is 0.604. The van der Waals surface area contributed by atoms with Gasteiger partial charge in [0.15, 0.2) is 0 Å². The van der Waals surface area contributed by atoms with Crippen molar-refractivity contribution in [2.24, 2.45) is 7.05 Å². The molecule has 0 amide bonds. The molecule has 5 heteroatoms. The summed E-state index contributed by atoms with van der Waals surface area (Å²) in [5, 5.41) is 10.1. The molecular formula is C16H15Br2N3. The van der Waals surface area contributed by atoms with Gasteiger partial charge in [0.1, 0.15) is 0 Å². The Morgan fingerprint density at radius 2 is 1.81 bits per heavy atom. The van der Waals surface area contributed by atoms with Crippen LogP contribution in [0.2, 0.25) is 0 Å². The summed E-state index contributed by atoms with van der Waals surface area (Å²) in [7, 11) is 3.93. The second kappa shape index (κ2) is 5.91. The molecule has 0 aliphatic heterocycles. The van der Waals surface area contributed by atoms with Gasteiger partial charge in [0.25, 0.3) is 0 Å². The maximum Gasteiger partial charge on any atom is 0.0757 e. The lowest BCUT2D eigenvalue weighted by atomic mass is 10.00. The van der Waals surface area contributed by atoms with Crippen molar-refractivity contribution in [2.75, 3.05) is 7.05 Å². The largest absolute Gasteiger partial charge is 0.308 e. The first-order chi connectivity index (χ1) is 10.1. The third-order valence-corrected chi connectivity index (χ3v) is 4.76. The van der Waals surface area contributed by atoms with Crippen molar-refractivity contribution in [1.29, 1.82) is 0 Å². The fourth-order valence-corrected chi connectivity index (χ4v) is 3.58. The number of hydrogen-bond acceptors (Lipinski definition) is 2. The van der Waals surface area contributed by atoms with E-state index in [1.807, 2.05) is 25.0 Å². The smallest absolute Gasteiger partial charge is 0.0757 e. The summed E-state index contributed by atoms with van der Waals surface area (Å²) in [6.07, 6.45) is 1.83. The number of halogens is 2. The number of rotatable bonds is 3. The number of nitrogens with one attached hydrogen (secondary N) is 1. The van der Waals surface area contributed by atoms with Gasteiger partial charge in [0.05, 0.1) is 22.4 Å². The van der Waals surface area contributed by atoms with E-state index in [1.54, 1.807) is 0 Å². The molecule has 2 aromatic carbocycles. The second-order valence-electron chi connectivity index (χ2n) is 4.97. The summed E-state index contributed by atoms with van der Waals surface area (Å²) in [6, 6.07) is 13.0. The molecule has 0 aliphatic carbocycles. The zero-order valence-corrected chi connectivity index (χ0v) is 14.9. The Morgan fingerprint density at radius 1 is 1.10 bits per heavy atom. The van der Waals surface area contributed by atoms with Crippen LogP contribution in [0.3, 0.4) is 0 Å². The van der Waals surface area contributed by atoms with Crippen LogP contribution in [-0.2, 0) is 7.05 Å². The van der Waals surface area contributed by atoms with E-state index in [-0.39, 0.29) is 6.04 Å². The summed E-state index contributed by atoms with van der Waals surface area (Å²) >= 11 is 7.10. The van der Waals surface area contributed by atoms with E-state index in [4.69, 9.17) is 0 Å². The van der Waals surface area contributed by atoms with Gasteiger partial charge in [-0.1, -0.05) is 34.1 Å². The van der Waals surface area contributed by atoms with E-state index >= 15 is 0 Å². The maximum atomic E-state index is 4.31. The fraction of sp³-hybridized carbons (Fsp3) is 0.188. The highest BCUT2D eigenvalue weighted by molar-refractivity contribution is 9.10. The lowest BCUT2D eigenvalue weighted by Crippen LogP contribution is -2.21. The minimum Gasteiger partial charge on any atom is -0.308 e. The molecule has 3 nitrogen and oxygen atoms in total. The van der Waals surface area contributed by atoms with Gasteiger partial charge >= 0.3 is 0 Å². The highest BCUT2D eigenvalue weighted by atomic mass is 79.9. The minimum atomic E-state index is 0.0971. The Balaban J connectivity index is 2.11. The van der Waals surface area contributed by atoms with Gasteiger partial charge in [0, 0.05) is 11.5 Å². The van der Waals surface area contributed by atoms with Crippen molar-refractivity contribution in [3.63, 3.8) is 0 Å². The normalized spacial score (nSPS) is 12.8. The van der Waals surface area contributed by atoms with E-state index in [0.717, 1.165) is 14.6 Å². The highest BCUT2D eigenvalue weighted by Gasteiger charge is 2.19. The second-order valence-corrected chi connectivity index (χ2v) is 6.74. The Hall–Kier alpha value is -1.17. The summed E-state index contributed by atoms with van der Waals surface area (Å²) in [5.41, 5.74) is 2.34. The van der Waals surface area contributed by atoms with E-state index in [2.05, 4.69) is 78.7 Å². The number of fused-ring (bicyclic) bond motifs is 1. The van der Waals surface area contributed by atoms with E-state index in [9.17, 15) is 0 Å². The van der Waals surface area contributed by atoms with Crippen molar-refractivity contribution in [2.45, 2.75) is 6.04 Å². The molecule has 1 unspecified atom stereocenters. The Labute approximate surface area is 140 Å². The van der Waals surface area contributed by atoms with E-state index < -0.39 is 0 Å². The molecule has 0 aliphatic rings. The molecule has 3 rings (SSSR count). The standard InChI is InChI=1S/C16H15Br2N3/c1-19-15(16-14(18)9-20-21(16)2)12-4-3-11-8-13(17)6-5-10(11)7-12/h3-9,15,19H,1-2H3. The molecule has 0 saturated carbocycles. The van der Waals surface area contributed by atoms with Crippen LogP contribution in [0.15, 0.2) is 51.5 Å². The molecule has 0 spiro atoms. The predicted molar refractivity (Wildman–Crippen MR) is 93.5 cm³/mol. The van der Waals surface area contributed by atoms with Crippen molar-refractivity contribution in [3.8, 4) is 0 Å². The topological polar surface area (TPSA) is 29.9 Å². The van der Waals surface area contributed by atoms with Gasteiger partial charge in [0.2, 0.25) is 0 Å². The van der Waals surface area contributed by atoms with Crippen LogP contribution in [0.25, 0.3) is 10.8 Å². The first-order valence-electron chi connectivity index (χ1n) is 6.64. The van der Waals surface area contributed by atoms with Gasteiger partial charge in [-0.3, -0.25) is 4.68 Å². The van der Waals surface area contributed by atoms with Crippen LogP contribution in [0.1, 0.15) is 17.3 Å². The third kappa shape index (κ3) is 2.78. The van der Waals surface area contributed by atoms with Crippen molar-refractivity contribution in [3.05, 3.63) is 62.8 Å². The van der Waals surface area contributed by atoms with Crippen molar-refractivity contribution in [1.82, 2.24) is 15.1 Å². The predicted octanol–water partition coefficient (Wildman–Crippen LogP) is 4.41. The zero-order valence-electron chi connectivity index (χ0n) is 11.8. The molecule has 1 atom stereocenters. The maximum absolute atomic E-state index is 4.31. The summed E-state index contributed by atoms with van der Waals surface area (Å²) in [4.78, 5) is 0.